The summed E-state index contributed by atoms with van der Waals surface area (Å²) in [4.78, 5) is 4.75. The van der Waals surface area contributed by atoms with Crippen molar-refractivity contribution < 1.29 is 0 Å². The number of rotatable bonds is 6. The lowest BCUT2D eigenvalue weighted by molar-refractivity contribution is 0.130. The van der Waals surface area contributed by atoms with Crippen LogP contribution >= 0.6 is 0 Å². The monoisotopic (exact) mass is 227 g/mol. The Balaban J connectivity index is 2.43. The molecule has 1 fully saturated rings. The molecule has 1 atom stereocenters. The SMILES string of the molecule is CC(C)C1(CN(C)CCN(C)C)CCNC1. The van der Waals surface area contributed by atoms with Crippen LogP contribution in [-0.2, 0) is 0 Å². The molecule has 0 aromatic carbocycles. The Bertz CT molecular complexity index is 195. The molecule has 0 aromatic rings. The Labute approximate surface area is 101 Å². The van der Waals surface area contributed by atoms with Crippen molar-refractivity contribution in [2.45, 2.75) is 20.3 Å². The zero-order valence-electron chi connectivity index (χ0n) is 11.7. The van der Waals surface area contributed by atoms with E-state index >= 15 is 0 Å². The van der Waals surface area contributed by atoms with Gasteiger partial charge in [0.25, 0.3) is 0 Å². The average molecular weight is 227 g/mol. The quantitative estimate of drug-likeness (QED) is 0.733. The van der Waals surface area contributed by atoms with Crippen molar-refractivity contribution in [1.29, 1.82) is 0 Å². The zero-order valence-corrected chi connectivity index (χ0v) is 11.7. The molecule has 1 heterocycles. The van der Waals surface area contributed by atoms with Crippen LogP contribution in [0.25, 0.3) is 0 Å². The molecule has 1 unspecified atom stereocenters. The molecule has 1 N–H and O–H groups in total. The normalized spacial score (nSPS) is 26.2. The maximum absolute atomic E-state index is 3.53. The molecule has 0 aliphatic carbocycles. The van der Waals surface area contributed by atoms with Crippen LogP contribution in [0.2, 0.25) is 0 Å². The highest BCUT2D eigenvalue weighted by atomic mass is 15.2. The van der Waals surface area contributed by atoms with Gasteiger partial charge in [-0.25, -0.2) is 0 Å². The molecule has 3 nitrogen and oxygen atoms in total. The molecule has 0 aromatic heterocycles. The molecule has 0 bridgehead atoms. The summed E-state index contributed by atoms with van der Waals surface area (Å²) in [5.41, 5.74) is 0.501. The molecule has 1 saturated heterocycles. The van der Waals surface area contributed by atoms with E-state index in [1.165, 1.54) is 32.6 Å². The Morgan fingerprint density at radius 3 is 2.31 bits per heavy atom. The highest BCUT2D eigenvalue weighted by Gasteiger charge is 2.37. The molecule has 1 aliphatic heterocycles. The van der Waals surface area contributed by atoms with Crippen molar-refractivity contribution in [3.05, 3.63) is 0 Å². The fraction of sp³-hybridized carbons (Fsp3) is 1.00. The number of nitrogens with one attached hydrogen (secondary N) is 1. The summed E-state index contributed by atoms with van der Waals surface area (Å²) < 4.78 is 0. The first kappa shape index (κ1) is 13.9. The summed E-state index contributed by atoms with van der Waals surface area (Å²) in [5.74, 6) is 0.768. The van der Waals surface area contributed by atoms with Crippen LogP contribution in [0.5, 0.6) is 0 Å². The third-order valence-electron chi connectivity index (χ3n) is 4.02. The minimum atomic E-state index is 0.501. The van der Waals surface area contributed by atoms with E-state index in [4.69, 9.17) is 0 Å². The first-order chi connectivity index (χ1) is 7.46. The highest BCUT2D eigenvalue weighted by molar-refractivity contribution is 4.92. The maximum Gasteiger partial charge on any atom is 0.0106 e. The second-order valence-electron chi connectivity index (χ2n) is 5.98. The summed E-state index contributed by atoms with van der Waals surface area (Å²) in [5, 5.41) is 3.53. The fourth-order valence-electron chi connectivity index (χ4n) is 2.56. The highest BCUT2D eigenvalue weighted by Crippen LogP contribution is 2.34. The molecule has 1 aliphatic rings. The lowest BCUT2D eigenvalue weighted by atomic mass is 9.76. The molecule has 16 heavy (non-hydrogen) atoms. The topological polar surface area (TPSA) is 18.5 Å². The summed E-state index contributed by atoms with van der Waals surface area (Å²) >= 11 is 0. The van der Waals surface area contributed by atoms with Crippen LogP contribution in [0.4, 0.5) is 0 Å². The zero-order chi connectivity index (χ0) is 12.2. The standard InChI is InChI=1S/C13H29N3/c1-12(2)13(6-7-14-10-13)11-16(5)9-8-15(3)4/h12,14H,6-11H2,1-5H3. The number of nitrogens with zero attached hydrogens (tertiary/aromatic N) is 2. The predicted molar refractivity (Wildman–Crippen MR) is 70.8 cm³/mol. The van der Waals surface area contributed by atoms with E-state index in [1.807, 2.05) is 0 Å². The van der Waals surface area contributed by atoms with Crippen molar-refractivity contribution in [1.82, 2.24) is 15.1 Å². The smallest absolute Gasteiger partial charge is 0.0106 e. The van der Waals surface area contributed by atoms with Crippen LogP contribution in [0, 0.1) is 11.3 Å². The van der Waals surface area contributed by atoms with Crippen molar-refractivity contribution in [3.63, 3.8) is 0 Å². The lowest BCUT2D eigenvalue weighted by Crippen LogP contribution is -2.43. The third-order valence-corrected chi connectivity index (χ3v) is 4.02. The molecule has 3 heteroatoms. The Hall–Kier alpha value is -0.120. The number of hydrogen-bond acceptors (Lipinski definition) is 3. The maximum atomic E-state index is 3.53. The van der Waals surface area contributed by atoms with Gasteiger partial charge >= 0.3 is 0 Å². The second kappa shape index (κ2) is 5.99. The Morgan fingerprint density at radius 1 is 1.19 bits per heavy atom. The van der Waals surface area contributed by atoms with Crippen LogP contribution in [0.15, 0.2) is 0 Å². The molecule has 0 spiro atoms. The molecular formula is C13H29N3. The number of likely N-dealkylation sites (N-methyl/N-ethyl adjacent to an activating group) is 2. The van der Waals surface area contributed by atoms with Gasteiger partial charge in [-0.05, 0) is 45.4 Å². The lowest BCUT2D eigenvalue weighted by Gasteiger charge is -2.37. The van der Waals surface area contributed by atoms with Gasteiger partial charge < -0.3 is 15.1 Å². The van der Waals surface area contributed by atoms with Crippen molar-refractivity contribution >= 4 is 0 Å². The molecule has 0 radical (unpaired) electrons. The van der Waals surface area contributed by atoms with Gasteiger partial charge in [-0.1, -0.05) is 13.8 Å². The van der Waals surface area contributed by atoms with E-state index in [2.05, 4.69) is 50.1 Å². The molecule has 0 saturated carbocycles. The van der Waals surface area contributed by atoms with E-state index in [0.717, 1.165) is 12.5 Å². The van der Waals surface area contributed by atoms with Crippen LogP contribution in [0.1, 0.15) is 20.3 Å². The largest absolute Gasteiger partial charge is 0.316 e. The first-order valence-electron chi connectivity index (χ1n) is 6.50. The van der Waals surface area contributed by atoms with Gasteiger partial charge in [-0.15, -0.1) is 0 Å². The van der Waals surface area contributed by atoms with Crippen LogP contribution in [0.3, 0.4) is 0 Å². The van der Waals surface area contributed by atoms with Gasteiger partial charge in [0.15, 0.2) is 0 Å². The number of hydrogen-bond donors (Lipinski definition) is 1. The Morgan fingerprint density at radius 2 is 1.88 bits per heavy atom. The third kappa shape index (κ3) is 3.72. The predicted octanol–water partition coefficient (Wildman–Crippen LogP) is 1.12. The fourth-order valence-corrected chi connectivity index (χ4v) is 2.56. The summed E-state index contributed by atoms with van der Waals surface area (Å²) in [6.07, 6.45) is 1.33. The van der Waals surface area contributed by atoms with E-state index in [0.29, 0.717) is 5.41 Å². The van der Waals surface area contributed by atoms with Crippen LogP contribution < -0.4 is 5.32 Å². The summed E-state index contributed by atoms with van der Waals surface area (Å²) in [6, 6.07) is 0. The van der Waals surface area contributed by atoms with E-state index in [1.54, 1.807) is 0 Å². The molecular weight excluding hydrogens is 198 g/mol. The Kier molecular flexibility index (Phi) is 5.22. The van der Waals surface area contributed by atoms with Crippen molar-refractivity contribution in [2.75, 3.05) is 53.9 Å². The average Bonchev–Trinajstić information content (AvgIpc) is 2.64. The second-order valence-corrected chi connectivity index (χ2v) is 5.98. The molecule has 1 rings (SSSR count). The van der Waals surface area contributed by atoms with E-state index in [-0.39, 0.29) is 0 Å². The molecule has 96 valence electrons. The van der Waals surface area contributed by atoms with Gasteiger partial charge in [0.1, 0.15) is 0 Å². The van der Waals surface area contributed by atoms with Gasteiger partial charge in [-0.2, -0.15) is 0 Å². The van der Waals surface area contributed by atoms with E-state index in [9.17, 15) is 0 Å². The van der Waals surface area contributed by atoms with Crippen LogP contribution in [-0.4, -0.2) is 63.7 Å². The first-order valence-corrected chi connectivity index (χ1v) is 6.50. The van der Waals surface area contributed by atoms with Crippen molar-refractivity contribution in [3.8, 4) is 0 Å². The minimum absolute atomic E-state index is 0.501. The van der Waals surface area contributed by atoms with Gasteiger partial charge in [-0.3, -0.25) is 0 Å². The summed E-state index contributed by atoms with van der Waals surface area (Å²) in [6.45, 7) is 10.7. The van der Waals surface area contributed by atoms with E-state index < -0.39 is 0 Å². The van der Waals surface area contributed by atoms with Gasteiger partial charge in [0, 0.05) is 26.2 Å². The van der Waals surface area contributed by atoms with Gasteiger partial charge in [0.2, 0.25) is 0 Å². The van der Waals surface area contributed by atoms with Crippen molar-refractivity contribution in [2.24, 2.45) is 11.3 Å². The molecule has 0 amide bonds. The van der Waals surface area contributed by atoms with Gasteiger partial charge in [0.05, 0.1) is 0 Å². The minimum Gasteiger partial charge on any atom is -0.316 e. The summed E-state index contributed by atoms with van der Waals surface area (Å²) in [7, 11) is 6.54.